The van der Waals surface area contributed by atoms with E-state index in [9.17, 15) is 5.11 Å². The van der Waals surface area contributed by atoms with Gasteiger partial charge >= 0.3 is 0 Å². The number of aliphatic hydroxyl groups excluding tert-OH is 1. The van der Waals surface area contributed by atoms with Crippen LogP contribution >= 0.6 is 0 Å². The number of likely N-dealkylation sites (tertiary alicyclic amines) is 1. The van der Waals surface area contributed by atoms with Gasteiger partial charge in [-0.3, -0.25) is 0 Å². The van der Waals surface area contributed by atoms with E-state index in [4.69, 9.17) is 0 Å². The number of hydrogen-bond acceptors (Lipinski definition) is 3. The molecule has 1 heterocycles. The van der Waals surface area contributed by atoms with Crippen molar-refractivity contribution in [2.24, 2.45) is 11.8 Å². The summed E-state index contributed by atoms with van der Waals surface area (Å²) in [6.45, 7) is 9.56. The predicted octanol–water partition coefficient (Wildman–Crippen LogP) is 1.86. The lowest BCUT2D eigenvalue weighted by atomic mass is 9.85. The summed E-state index contributed by atoms with van der Waals surface area (Å²) in [5.41, 5.74) is 0.0279. The third kappa shape index (κ3) is 3.06. The number of nitrogens with one attached hydrogen (secondary N) is 1. The molecule has 2 aliphatic rings. The smallest absolute Gasteiger partial charge is 0.0616 e. The first-order valence-electron chi connectivity index (χ1n) is 7.78. The van der Waals surface area contributed by atoms with Crippen molar-refractivity contribution in [1.29, 1.82) is 0 Å². The largest absolute Gasteiger partial charge is 0.394 e. The minimum atomic E-state index is 0.0279. The molecule has 0 spiro atoms. The molecule has 0 aromatic carbocycles. The van der Waals surface area contributed by atoms with Crippen LogP contribution in [0.1, 0.15) is 46.0 Å². The number of nitrogens with zero attached hydrogens (tertiary/aromatic N) is 1. The maximum absolute atomic E-state index is 9.78. The molecule has 2 N–H and O–H groups in total. The average molecular weight is 254 g/mol. The van der Waals surface area contributed by atoms with Crippen LogP contribution in [0.15, 0.2) is 0 Å². The summed E-state index contributed by atoms with van der Waals surface area (Å²) < 4.78 is 0. The second-order valence-corrected chi connectivity index (χ2v) is 6.42. The molecule has 106 valence electrons. The Balaban J connectivity index is 1.83. The van der Waals surface area contributed by atoms with Gasteiger partial charge in [0, 0.05) is 12.1 Å². The SMILES string of the molecule is CCNC1(CO)CCCC1CCN1CCC(C)C1. The first kappa shape index (κ1) is 14.3. The van der Waals surface area contributed by atoms with E-state index in [1.54, 1.807) is 0 Å². The van der Waals surface area contributed by atoms with Crippen LogP contribution in [0, 0.1) is 11.8 Å². The molecule has 1 aliphatic heterocycles. The number of rotatable bonds is 6. The Kier molecular flexibility index (Phi) is 5.05. The molecule has 3 atom stereocenters. The van der Waals surface area contributed by atoms with Gasteiger partial charge in [-0.15, -0.1) is 0 Å². The van der Waals surface area contributed by atoms with Gasteiger partial charge in [0.15, 0.2) is 0 Å². The molecule has 0 aromatic rings. The molecule has 1 saturated heterocycles. The van der Waals surface area contributed by atoms with Crippen molar-refractivity contribution in [2.75, 3.05) is 32.8 Å². The zero-order chi connectivity index (χ0) is 13.0. The molecule has 2 rings (SSSR count). The van der Waals surface area contributed by atoms with Crippen LogP contribution in [-0.4, -0.2) is 48.3 Å². The summed E-state index contributed by atoms with van der Waals surface area (Å²) in [5.74, 6) is 1.54. The van der Waals surface area contributed by atoms with E-state index in [-0.39, 0.29) is 5.54 Å². The highest BCUT2D eigenvalue weighted by atomic mass is 16.3. The first-order chi connectivity index (χ1) is 8.70. The van der Waals surface area contributed by atoms with E-state index < -0.39 is 0 Å². The van der Waals surface area contributed by atoms with Gasteiger partial charge in [0.2, 0.25) is 0 Å². The molecule has 0 aromatic heterocycles. The Hall–Kier alpha value is -0.120. The number of hydrogen-bond donors (Lipinski definition) is 2. The topological polar surface area (TPSA) is 35.5 Å². The molecule has 0 radical (unpaired) electrons. The lowest BCUT2D eigenvalue weighted by Gasteiger charge is -2.35. The highest BCUT2D eigenvalue weighted by Gasteiger charge is 2.41. The molecule has 0 bridgehead atoms. The molecule has 18 heavy (non-hydrogen) atoms. The lowest BCUT2D eigenvalue weighted by molar-refractivity contribution is 0.114. The monoisotopic (exact) mass is 254 g/mol. The summed E-state index contributed by atoms with van der Waals surface area (Å²) in [7, 11) is 0. The fraction of sp³-hybridized carbons (Fsp3) is 1.00. The Morgan fingerprint density at radius 3 is 2.83 bits per heavy atom. The van der Waals surface area contributed by atoms with Crippen molar-refractivity contribution >= 4 is 0 Å². The molecule has 3 unspecified atom stereocenters. The summed E-state index contributed by atoms with van der Waals surface area (Å²) in [5, 5.41) is 13.3. The quantitative estimate of drug-likeness (QED) is 0.759. The van der Waals surface area contributed by atoms with Crippen molar-refractivity contribution in [3.8, 4) is 0 Å². The van der Waals surface area contributed by atoms with Crippen LogP contribution in [0.2, 0.25) is 0 Å². The summed E-state index contributed by atoms with van der Waals surface area (Å²) in [6, 6.07) is 0. The second-order valence-electron chi connectivity index (χ2n) is 6.42. The van der Waals surface area contributed by atoms with Crippen LogP contribution in [0.5, 0.6) is 0 Å². The number of likely N-dealkylation sites (N-methyl/N-ethyl adjacent to an activating group) is 1. The van der Waals surface area contributed by atoms with Gasteiger partial charge in [-0.1, -0.05) is 20.3 Å². The van der Waals surface area contributed by atoms with Gasteiger partial charge in [-0.25, -0.2) is 0 Å². The predicted molar refractivity (Wildman–Crippen MR) is 75.7 cm³/mol. The van der Waals surface area contributed by atoms with Crippen LogP contribution in [0.4, 0.5) is 0 Å². The minimum Gasteiger partial charge on any atom is -0.394 e. The normalized spacial score (nSPS) is 37.5. The molecule has 2 fully saturated rings. The second kappa shape index (κ2) is 6.36. The van der Waals surface area contributed by atoms with Gasteiger partial charge in [0.1, 0.15) is 0 Å². The van der Waals surface area contributed by atoms with E-state index in [1.807, 2.05) is 0 Å². The van der Waals surface area contributed by atoms with Gasteiger partial charge in [0.25, 0.3) is 0 Å². The molecular weight excluding hydrogens is 224 g/mol. The van der Waals surface area contributed by atoms with Crippen molar-refractivity contribution < 1.29 is 5.11 Å². The average Bonchev–Trinajstić information content (AvgIpc) is 2.94. The third-order valence-corrected chi connectivity index (χ3v) is 5.07. The van der Waals surface area contributed by atoms with E-state index in [0.717, 1.165) is 18.9 Å². The standard InChI is InChI=1S/C15H30N2O/c1-3-16-15(12-18)8-4-5-14(15)7-10-17-9-6-13(2)11-17/h13-14,16,18H,3-12H2,1-2H3. The Labute approximate surface area is 112 Å². The third-order valence-electron chi connectivity index (χ3n) is 5.07. The first-order valence-corrected chi connectivity index (χ1v) is 7.78. The van der Waals surface area contributed by atoms with Gasteiger partial charge in [-0.05, 0) is 57.2 Å². The van der Waals surface area contributed by atoms with Crippen molar-refractivity contribution in [2.45, 2.75) is 51.5 Å². The summed E-state index contributed by atoms with van der Waals surface area (Å²) in [4.78, 5) is 2.61. The molecule has 3 nitrogen and oxygen atoms in total. The highest BCUT2D eigenvalue weighted by molar-refractivity contribution is 4.99. The highest BCUT2D eigenvalue weighted by Crippen LogP contribution is 2.38. The zero-order valence-electron chi connectivity index (χ0n) is 12.1. The molecule has 1 saturated carbocycles. The fourth-order valence-electron chi connectivity index (χ4n) is 3.98. The van der Waals surface area contributed by atoms with Crippen molar-refractivity contribution in [3.63, 3.8) is 0 Å². The van der Waals surface area contributed by atoms with Gasteiger partial charge in [-0.2, -0.15) is 0 Å². The van der Waals surface area contributed by atoms with E-state index >= 15 is 0 Å². The maximum Gasteiger partial charge on any atom is 0.0616 e. The zero-order valence-corrected chi connectivity index (χ0v) is 12.1. The van der Waals surface area contributed by atoms with Crippen molar-refractivity contribution in [1.82, 2.24) is 10.2 Å². The molecule has 1 aliphatic carbocycles. The van der Waals surface area contributed by atoms with Gasteiger partial charge < -0.3 is 15.3 Å². The maximum atomic E-state index is 9.78. The van der Waals surface area contributed by atoms with Gasteiger partial charge in [0.05, 0.1) is 6.61 Å². The molecular formula is C15H30N2O. The summed E-state index contributed by atoms with van der Waals surface area (Å²) in [6.07, 6.45) is 6.33. The Bertz CT molecular complexity index is 259. The van der Waals surface area contributed by atoms with Crippen LogP contribution in [-0.2, 0) is 0 Å². The van der Waals surface area contributed by atoms with Crippen LogP contribution in [0.25, 0.3) is 0 Å². The molecule has 0 amide bonds. The minimum absolute atomic E-state index is 0.0279. The molecule has 3 heteroatoms. The summed E-state index contributed by atoms with van der Waals surface area (Å²) >= 11 is 0. The Morgan fingerprint density at radius 2 is 2.22 bits per heavy atom. The lowest BCUT2D eigenvalue weighted by Crippen LogP contribution is -2.51. The van der Waals surface area contributed by atoms with Crippen molar-refractivity contribution in [3.05, 3.63) is 0 Å². The fourth-order valence-corrected chi connectivity index (χ4v) is 3.98. The van der Waals surface area contributed by atoms with Crippen LogP contribution < -0.4 is 5.32 Å². The van der Waals surface area contributed by atoms with E-state index in [2.05, 4.69) is 24.1 Å². The number of aliphatic hydroxyl groups is 1. The van der Waals surface area contributed by atoms with Crippen LogP contribution in [0.3, 0.4) is 0 Å². The van der Waals surface area contributed by atoms with E-state index in [1.165, 1.54) is 45.3 Å². The Morgan fingerprint density at radius 1 is 1.39 bits per heavy atom. The van der Waals surface area contributed by atoms with E-state index in [0.29, 0.717) is 12.5 Å².